The van der Waals surface area contributed by atoms with E-state index in [-0.39, 0.29) is 18.4 Å². The molecule has 0 rings (SSSR count). The van der Waals surface area contributed by atoms with Crippen LogP contribution in [0.3, 0.4) is 0 Å². The van der Waals surface area contributed by atoms with Crippen LogP contribution in [0.5, 0.6) is 0 Å². The van der Waals surface area contributed by atoms with Crippen molar-refractivity contribution in [2.45, 2.75) is 45.6 Å². The fraction of sp³-hybridized carbons (Fsp3) is 0.846. The van der Waals surface area contributed by atoms with Crippen molar-refractivity contribution in [2.75, 3.05) is 20.7 Å². The third kappa shape index (κ3) is 7.27. The Kier molecular flexibility index (Phi) is 8.37. The minimum Gasteiger partial charge on any atom is -0.396 e. The van der Waals surface area contributed by atoms with Gasteiger partial charge in [-0.05, 0) is 25.2 Å². The number of aliphatic hydroxyl groups is 1. The molecule has 0 aromatic heterocycles. The minimum absolute atomic E-state index is 0.0702. The first-order valence-electron chi connectivity index (χ1n) is 6.49. The standard InChI is InChI=1S/C13H26N2O3/c1-10(2)9-11(13(18)15(3)4)14-12(17)7-5-6-8-16/h10-11,16H,5-9H2,1-4H3,(H,14,17). The molecule has 5 nitrogen and oxygen atoms in total. The van der Waals surface area contributed by atoms with Gasteiger partial charge in [0.05, 0.1) is 0 Å². The second-order valence-electron chi connectivity index (χ2n) is 5.16. The van der Waals surface area contributed by atoms with Gasteiger partial charge < -0.3 is 15.3 Å². The third-order valence-electron chi connectivity index (χ3n) is 2.59. The number of aliphatic hydroxyl groups excluding tert-OH is 1. The van der Waals surface area contributed by atoms with Gasteiger partial charge in [-0.25, -0.2) is 0 Å². The van der Waals surface area contributed by atoms with Crippen molar-refractivity contribution < 1.29 is 14.7 Å². The van der Waals surface area contributed by atoms with E-state index < -0.39 is 6.04 Å². The van der Waals surface area contributed by atoms with Crippen LogP contribution in [0.15, 0.2) is 0 Å². The molecule has 5 heteroatoms. The fourth-order valence-electron chi connectivity index (χ4n) is 1.67. The van der Waals surface area contributed by atoms with Gasteiger partial charge in [-0.15, -0.1) is 0 Å². The van der Waals surface area contributed by atoms with E-state index in [9.17, 15) is 9.59 Å². The number of nitrogens with one attached hydrogen (secondary N) is 1. The average molecular weight is 258 g/mol. The second kappa shape index (κ2) is 8.91. The molecule has 0 saturated heterocycles. The molecule has 2 amide bonds. The normalized spacial score (nSPS) is 12.3. The quantitative estimate of drug-likeness (QED) is 0.632. The maximum absolute atomic E-state index is 11.9. The van der Waals surface area contributed by atoms with Crippen molar-refractivity contribution in [3.63, 3.8) is 0 Å². The van der Waals surface area contributed by atoms with Gasteiger partial charge in [0.2, 0.25) is 11.8 Å². The maximum atomic E-state index is 11.9. The Morgan fingerprint density at radius 2 is 1.83 bits per heavy atom. The van der Waals surface area contributed by atoms with Crippen LogP contribution in [0, 0.1) is 5.92 Å². The molecular formula is C13H26N2O3. The van der Waals surface area contributed by atoms with Crippen molar-refractivity contribution in [1.29, 1.82) is 0 Å². The molecule has 1 unspecified atom stereocenters. The molecule has 0 radical (unpaired) electrons. The highest BCUT2D eigenvalue weighted by Crippen LogP contribution is 2.07. The van der Waals surface area contributed by atoms with E-state index in [0.29, 0.717) is 31.6 Å². The van der Waals surface area contributed by atoms with Gasteiger partial charge in [0.25, 0.3) is 0 Å². The number of hydrogen-bond donors (Lipinski definition) is 2. The van der Waals surface area contributed by atoms with Crippen molar-refractivity contribution in [3.05, 3.63) is 0 Å². The van der Waals surface area contributed by atoms with Crippen LogP contribution >= 0.6 is 0 Å². The van der Waals surface area contributed by atoms with Gasteiger partial charge in [-0.3, -0.25) is 9.59 Å². The summed E-state index contributed by atoms with van der Waals surface area (Å²) in [7, 11) is 3.38. The molecule has 0 aromatic rings. The van der Waals surface area contributed by atoms with Crippen LogP contribution < -0.4 is 5.32 Å². The highest BCUT2D eigenvalue weighted by atomic mass is 16.3. The van der Waals surface area contributed by atoms with Gasteiger partial charge in [0.15, 0.2) is 0 Å². The van der Waals surface area contributed by atoms with Crippen LogP contribution in [0.1, 0.15) is 39.5 Å². The monoisotopic (exact) mass is 258 g/mol. The number of carbonyl (C=O) groups is 2. The van der Waals surface area contributed by atoms with E-state index >= 15 is 0 Å². The van der Waals surface area contributed by atoms with Gasteiger partial charge in [0, 0.05) is 27.1 Å². The summed E-state index contributed by atoms with van der Waals surface area (Å²) in [5, 5.41) is 11.4. The first-order chi connectivity index (χ1) is 8.38. The molecule has 0 bridgehead atoms. The van der Waals surface area contributed by atoms with Crippen molar-refractivity contribution in [2.24, 2.45) is 5.92 Å². The highest BCUT2D eigenvalue weighted by Gasteiger charge is 2.22. The van der Waals surface area contributed by atoms with Crippen LogP contribution in [0.4, 0.5) is 0 Å². The van der Waals surface area contributed by atoms with Gasteiger partial charge in [0.1, 0.15) is 6.04 Å². The minimum atomic E-state index is -0.443. The fourth-order valence-corrected chi connectivity index (χ4v) is 1.67. The zero-order chi connectivity index (χ0) is 14.1. The van der Waals surface area contributed by atoms with E-state index in [2.05, 4.69) is 5.32 Å². The molecule has 0 saturated carbocycles. The Morgan fingerprint density at radius 3 is 2.28 bits per heavy atom. The predicted octanol–water partition coefficient (Wildman–Crippen LogP) is 0.768. The number of unbranched alkanes of at least 4 members (excludes halogenated alkanes) is 1. The maximum Gasteiger partial charge on any atom is 0.244 e. The molecule has 2 N–H and O–H groups in total. The average Bonchev–Trinajstić information content (AvgIpc) is 2.26. The highest BCUT2D eigenvalue weighted by molar-refractivity contribution is 5.87. The summed E-state index contributed by atoms with van der Waals surface area (Å²) in [6.07, 6.45) is 2.26. The zero-order valence-electron chi connectivity index (χ0n) is 11.9. The Bertz CT molecular complexity index is 265. The number of amides is 2. The summed E-state index contributed by atoms with van der Waals surface area (Å²) in [5.74, 6) is 0.153. The Balaban J connectivity index is 4.31. The van der Waals surface area contributed by atoms with E-state index in [4.69, 9.17) is 5.11 Å². The predicted molar refractivity (Wildman–Crippen MR) is 71.0 cm³/mol. The van der Waals surface area contributed by atoms with E-state index in [1.807, 2.05) is 13.8 Å². The number of likely N-dealkylation sites (N-methyl/N-ethyl adjacent to an activating group) is 1. The van der Waals surface area contributed by atoms with Crippen LogP contribution in [0.2, 0.25) is 0 Å². The molecular weight excluding hydrogens is 232 g/mol. The molecule has 106 valence electrons. The second-order valence-corrected chi connectivity index (χ2v) is 5.16. The Hall–Kier alpha value is -1.10. The number of rotatable bonds is 8. The molecule has 0 aliphatic rings. The van der Waals surface area contributed by atoms with Crippen LogP contribution in [-0.2, 0) is 9.59 Å². The van der Waals surface area contributed by atoms with E-state index in [1.54, 1.807) is 14.1 Å². The molecule has 0 aromatic carbocycles. The number of hydrogen-bond acceptors (Lipinski definition) is 3. The van der Waals surface area contributed by atoms with Crippen molar-refractivity contribution in [1.82, 2.24) is 10.2 Å². The SMILES string of the molecule is CC(C)CC(NC(=O)CCCCO)C(=O)N(C)C. The van der Waals surface area contributed by atoms with E-state index in [0.717, 1.165) is 0 Å². The van der Waals surface area contributed by atoms with Crippen molar-refractivity contribution in [3.8, 4) is 0 Å². The zero-order valence-corrected chi connectivity index (χ0v) is 11.9. The third-order valence-corrected chi connectivity index (χ3v) is 2.59. The summed E-state index contributed by atoms with van der Waals surface area (Å²) in [6, 6.07) is -0.443. The summed E-state index contributed by atoms with van der Waals surface area (Å²) in [4.78, 5) is 25.1. The first-order valence-corrected chi connectivity index (χ1v) is 6.49. The van der Waals surface area contributed by atoms with Gasteiger partial charge >= 0.3 is 0 Å². The smallest absolute Gasteiger partial charge is 0.244 e. The molecule has 0 fully saturated rings. The summed E-state index contributed by atoms with van der Waals surface area (Å²) in [5.41, 5.74) is 0. The summed E-state index contributed by atoms with van der Waals surface area (Å²) >= 11 is 0. The number of carbonyl (C=O) groups excluding carboxylic acids is 2. The molecule has 18 heavy (non-hydrogen) atoms. The lowest BCUT2D eigenvalue weighted by molar-refractivity contribution is -0.134. The number of nitrogens with zero attached hydrogens (tertiary/aromatic N) is 1. The lowest BCUT2D eigenvalue weighted by atomic mass is 10.0. The van der Waals surface area contributed by atoms with Crippen LogP contribution in [0.25, 0.3) is 0 Å². The van der Waals surface area contributed by atoms with Gasteiger partial charge in [-0.1, -0.05) is 13.8 Å². The van der Waals surface area contributed by atoms with Gasteiger partial charge in [-0.2, -0.15) is 0 Å². The lowest BCUT2D eigenvalue weighted by Crippen LogP contribution is -2.46. The Labute approximate surface area is 110 Å². The molecule has 0 heterocycles. The van der Waals surface area contributed by atoms with Crippen LogP contribution in [-0.4, -0.2) is 48.6 Å². The molecule has 0 aliphatic heterocycles. The summed E-state index contributed by atoms with van der Waals surface area (Å²) in [6.45, 7) is 4.14. The molecule has 0 spiro atoms. The molecule has 1 atom stereocenters. The lowest BCUT2D eigenvalue weighted by Gasteiger charge is -2.23. The first kappa shape index (κ1) is 16.9. The topological polar surface area (TPSA) is 69.6 Å². The van der Waals surface area contributed by atoms with Crippen molar-refractivity contribution >= 4 is 11.8 Å². The van der Waals surface area contributed by atoms with E-state index in [1.165, 1.54) is 4.90 Å². The summed E-state index contributed by atoms with van der Waals surface area (Å²) < 4.78 is 0. The molecule has 0 aliphatic carbocycles. The Morgan fingerprint density at radius 1 is 1.22 bits per heavy atom. The largest absolute Gasteiger partial charge is 0.396 e.